The first kappa shape index (κ1) is 98.0. The van der Waals surface area contributed by atoms with Crippen LogP contribution < -0.4 is 0 Å². The van der Waals surface area contributed by atoms with E-state index in [1.54, 1.807) is 0 Å². The van der Waals surface area contributed by atoms with E-state index >= 15 is 0 Å². The van der Waals surface area contributed by atoms with Crippen molar-refractivity contribution in [3.63, 3.8) is 0 Å². The van der Waals surface area contributed by atoms with E-state index in [0.717, 1.165) is 186 Å². The summed E-state index contributed by atoms with van der Waals surface area (Å²) in [5, 5.41) is 10.6. The summed E-state index contributed by atoms with van der Waals surface area (Å²) in [6.07, 6.45) is 79.5. The maximum atomic E-state index is 13.1. The Morgan fingerprint density at radius 1 is 0.284 bits per heavy atom. The molecule has 590 valence electrons. The highest BCUT2D eigenvalue weighted by atomic mass is 31.2. The fourth-order valence-electron chi connectivity index (χ4n) is 10.8. The van der Waals surface area contributed by atoms with Crippen molar-refractivity contribution in [1.82, 2.24) is 0 Å². The molecule has 0 aromatic heterocycles. The normalized spacial score (nSPS) is 14.4. The second kappa shape index (κ2) is 75.2. The van der Waals surface area contributed by atoms with Crippen LogP contribution in [-0.2, 0) is 65.4 Å². The lowest BCUT2D eigenvalue weighted by Gasteiger charge is -2.21. The van der Waals surface area contributed by atoms with Gasteiger partial charge in [0.15, 0.2) is 12.2 Å². The molecule has 0 rings (SSSR count). The molecule has 0 aliphatic rings. The van der Waals surface area contributed by atoms with Crippen LogP contribution in [0.5, 0.6) is 0 Å². The molecule has 102 heavy (non-hydrogen) atoms. The molecule has 0 spiro atoms. The van der Waals surface area contributed by atoms with E-state index in [2.05, 4.69) is 125 Å². The Kier molecular flexibility index (Phi) is 72.3. The Balaban J connectivity index is 5.36. The van der Waals surface area contributed by atoms with Gasteiger partial charge < -0.3 is 33.8 Å². The van der Waals surface area contributed by atoms with Gasteiger partial charge in [0.25, 0.3) is 0 Å². The minimum absolute atomic E-state index is 0.0816. The number of rotatable bonds is 76. The number of aliphatic hydroxyl groups is 1. The third-order valence-corrected chi connectivity index (χ3v) is 18.9. The maximum Gasteiger partial charge on any atom is 0.472 e. The van der Waals surface area contributed by atoms with Gasteiger partial charge in [0.05, 0.1) is 26.4 Å². The highest BCUT2D eigenvalue weighted by molar-refractivity contribution is 7.47. The first-order valence-electron chi connectivity index (χ1n) is 40.5. The number of carbonyl (C=O) groups excluding carboxylic acids is 4. The zero-order valence-corrected chi connectivity index (χ0v) is 66.3. The van der Waals surface area contributed by atoms with Crippen LogP contribution in [0.1, 0.15) is 349 Å². The van der Waals surface area contributed by atoms with Gasteiger partial charge in [-0.25, -0.2) is 9.13 Å². The Bertz CT molecular complexity index is 2310. The van der Waals surface area contributed by atoms with E-state index < -0.39 is 97.5 Å². The van der Waals surface area contributed by atoms with E-state index in [1.165, 1.54) is 83.5 Å². The van der Waals surface area contributed by atoms with Crippen LogP contribution in [0.15, 0.2) is 97.2 Å². The highest BCUT2D eigenvalue weighted by Crippen LogP contribution is 2.45. The molecule has 19 heteroatoms. The fraction of sp³-hybridized carbons (Fsp3) is 0.759. The molecular weight excluding hydrogens is 1330 g/mol. The number of aliphatic hydroxyl groups excluding tert-OH is 1. The standard InChI is InChI=1S/C83H146O17P2/c1-5-9-13-17-21-25-29-33-36-37-38-39-42-45-48-52-56-60-64-68-81(86)94-73-78(99-82(87)69-65-61-57-53-49-43-32-28-24-20-16-12-8-4)75-97-101(89,90)95-71-77(84)72-96-102(91,92)98-76-79(100-83(88)70-66-62-58-54-50-46-41-35-31-27-23-19-15-11-7-3)74-93-80(85)67-63-59-55-51-47-44-40-34-30-26-22-18-14-10-6-2/h10,14,21-22,25-26,28,32-36,38-41,77-79,84H,5-9,11-13,15-20,23-24,27,29-31,37,42-76H2,1-4H3,(H,89,90)(H,91,92)/b14-10-,25-21-,26-22-,32-28-,36-33-,39-38-,40-34-,41-35-. The van der Waals surface area contributed by atoms with Crippen molar-refractivity contribution in [2.24, 2.45) is 0 Å². The molecule has 0 radical (unpaired) electrons. The third-order valence-electron chi connectivity index (χ3n) is 17.0. The largest absolute Gasteiger partial charge is 0.472 e. The minimum atomic E-state index is -4.98. The Hall–Kier alpha value is -4.02. The molecule has 0 bridgehead atoms. The second-order valence-electron chi connectivity index (χ2n) is 27.0. The summed E-state index contributed by atoms with van der Waals surface area (Å²) in [5.41, 5.74) is 0. The Morgan fingerprint density at radius 2 is 0.510 bits per heavy atom. The molecule has 0 aromatic carbocycles. The first-order valence-corrected chi connectivity index (χ1v) is 43.5. The summed E-state index contributed by atoms with van der Waals surface area (Å²) in [5.74, 6) is -2.21. The molecule has 5 atom stereocenters. The van der Waals surface area contributed by atoms with E-state index in [-0.39, 0.29) is 25.7 Å². The number of hydrogen-bond acceptors (Lipinski definition) is 15. The van der Waals surface area contributed by atoms with Gasteiger partial charge in [-0.2, -0.15) is 0 Å². The van der Waals surface area contributed by atoms with Crippen LogP contribution in [0, 0.1) is 0 Å². The number of esters is 4. The quantitative estimate of drug-likeness (QED) is 0.0169. The number of carbonyl (C=O) groups is 4. The molecule has 0 amide bonds. The van der Waals surface area contributed by atoms with Crippen molar-refractivity contribution in [2.75, 3.05) is 39.6 Å². The average Bonchev–Trinajstić information content (AvgIpc) is 0.919. The minimum Gasteiger partial charge on any atom is -0.462 e. The van der Waals surface area contributed by atoms with Crippen molar-refractivity contribution in [3.8, 4) is 0 Å². The van der Waals surface area contributed by atoms with E-state index in [4.69, 9.17) is 37.0 Å². The topological polar surface area (TPSA) is 237 Å². The number of allylic oxidation sites excluding steroid dienone is 16. The average molecular weight is 1480 g/mol. The lowest BCUT2D eigenvalue weighted by molar-refractivity contribution is -0.161. The van der Waals surface area contributed by atoms with Crippen LogP contribution in [0.4, 0.5) is 0 Å². The highest BCUT2D eigenvalue weighted by Gasteiger charge is 2.30. The van der Waals surface area contributed by atoms with Crippen molar-refractivity contribution in [1.29, 1.82) is 0 Å². The third kappa shape index (κ3) is 74.3. The molecule has 0 heterocycles. The Labute approximate surface area is 620 Å². The predicted molar refractivity (Wildman–Crippen MR) is 418 cm³/mol. The van der Waals surface area contributed by atoms with Gasteiger partial charge in [0.2, 0.25) is 0 Å². The maximum absolute atomic E-state index is 13.1. The number of ether oxygens (including phenoxy) is 4. The van der Waals surface area contributed by atoms with Crippen LogP contribution >= 0.6 is 15.6 Å². The van der Waals surface area contributed by atoms with E-state index in [9.17, 15) is 43.2 Å². The van der Waals surface area contributed by atoms with Crippen LogP contribution in [0.25, 0.3) is 0 Å². The molecule has 3 N–H and O–H groups in total. The van der Waals surface area contributed by atoms with Crippen molar-refractivity contribution in [2.45, 2.75) is 367 Å². The van der Waals surface area contributed by atoms with Crippen molar-refractivity contribution < 1.29 is 80.2 Å². The van der Waals surface area contributed by atoms with E-state index in [0.29, 0.717) is 25.7 Å². The zero-order chi connectivity index (χ0) is 74.6. The van der Waals surface area contributed by atoms with Gasteiger partial charge >= 0.3 is 39.5 Å². The lowest BCUT2D eigenvalue weighted by atomic mass is 10.1. The van der Waals surface area contributed by atoms with Gasteiger partial charge in [-0.05, 0) is 148 Å². The number of unbranched alkanes of at least 4 members (excludes halogenated alkanes) is 34. The van der Waals surface area contributed by atoms with Crippen LogP contribution in [0.2, 0.25) is 0 Å². The molecule has 0 aromatic rings. The lowest BCUT2D eigenvalue weighted by Crippen LogP contribution is -2.30. The van der Waals surface area contributed by atoms with Gasteiger partial charge in [0.1, 0.15) is 19.3 Å². The molecule has 0 aliphatic heterocycles. The predicted octanol–water partition coefficient (Wildman–Crippen LogP) is 23.6. The monoisotopic (exact) mass is 1480 g/mol. The van der Waals surface area contributed by atoms with Crippen LogP contribution in [-0.4, -0.2) is 96.7 Å². The summed E-state index contributed by atoms with van der Waals surface area (Å²) in [4.78, 5) is 73.0. The SMILES string of the molecule is CC/C=C\C/C=C\C/C=C\CCCCCCCC(=O)OCC(COP(=O)(O)OCC(O)COP(=O)(O)OCC(COC(=O)CCCCCCCC/C=C\C/C=C\C/C=C\CCCCC)OC(=O)CCCCCCC/C=C\CCCCCC)OC(=O)CCCCCCC/C=C\CCCCCCCC. The molecule has 5 unspecified atom stereocenters. The fourth-order valence-corrected chi connectivity index (χ4v) is 12.4. The van der Waals surface area contributed by atoms with E-state index in [1.807, 2.05) is 0 Å². The molecular formula is C83H146O17P2. The van der Waals surface area contributed by atoms with Crippen molar-refractivity contribution >= 4 is 39.5 Å². The summed E-state index contributed by atoms with van der Waals surface area (Å²) in [7, 11) is -9.96. The molecule has 0 fully saturated rings. The zero-order valence-electron chi connectivity index (χ0n) is 64.5. The van der Waals surface area contributed by atoms with Crippen LogP contribution in [0.3, 0.4) is 0 Å². The summed E-state index contributed by atoms with van der Waals surface area (Å²) in [6.45, 7) is 4.70. The molecule has 0 saturated heterocycles. The van der Waals surface area contributed by atoms with Gasteiger partial charge in [0, 0.05) is 25.7 Å². The smallest absolute Gasteiger partial charge is 0.462 e. The van der Waals surface area contributed by atoms with Gasteiger partial charge in [-0.3, -0.25) is 37.3 Å². The number of phosphoric ester groups is 2. The number of phosphoric acid groups is 2. The molecule has 17 nitrogen and oxygen atoms in total. The molecule has 0 aliphatic carbocycles. The summed E-state index contributed by atoms with van der Waals surface area (Å²) in [6, 6.07) is 0. The summed E-state index contributed by atoms with van der Waals surface area (Å²) < 4.78 is 68.6. The first-order chi connectivity index (χ1) is 49.7. The van der Waals surface area contributed by atoms with Crippen molar-refractivity contribution in [3.05, 3.63) is 97.2 Å². The summed E-state index contributed by atoms with van der Waals surface area (Å²) >= 11 is 0. The number of hydrogen-bond donors (Lipinski definition) is 3. The second-order valence-corrected chi connectivity index (χ2v) is 29.9. The van der Waals surface area contributed by atoms with Gasteiger partial charge in [-0.15, -0.1) is 0 Å². The van der Waals surface area contributed by atoms with Gasteiger partial charge in [-0.1, -0.05) is 273 Å². The Morgan fingerprint density at radius 3 is 0.824 bits per heavy atom. The molecule has 0 saturated carbocycles.